The minimum absolute atomic E-state index is 0.0179. The summed E-state index contributed by atoms with van der Waals surface area (Å²) in [6.07, 6.45) is 4.74. The van der Waals surface area contributed by atoms with Crippen LogP contribution in [-0.4, -0.2) is 20.9 Å². The monoisotopic (exact) mass is 397 g/mol. The number of fused-ring (bicyclic) bond motifs is 1. The summed E-state index contributed by atoms with van der Waals surface area (Å²) in [4.78, 5) is 25.7. The molecule has 0 spiro atoms. The number of nitrogens with zero attached hydrogens (tertiary/aromatic N) is 3. The lowest BCUT2D eigenvalue weighted by Crippen LogP contribution is -2.15. The van der Waals surface area contributed by atoms with Gasteiger partial charge in [-0.2, -0.15) is 0 Å². The van der Waals surface area contributed by atoms with Crippen LogP contribution >= 0.6 is 0 Å². The molecule has 6 nitrogen and oxygen atoms in total. The van der Waals surface area contributed by atoms with Gasteiger partial charge in [-0.25, -0.2) is 9.97 Å². The van der Waals surface area contributed by atoms with Crippen LogP contribution in [0.15, 0.2) is 73.2 Å². The molecule has 0 atom stereocenters. The van der Waals surface area contributed by atoms with Gasteiger partial charge in [-0.1, -0.05) is 57.2 Å². The van der Waals surface area contributed by atoms with Gasteiger partial charge in [0.05, 0.1) is 16.8 Å². The molecule has 2 heterocycles. The van der Waals surface area contributed by atoms with Gasteiger partial charge in [-0.15, -0.1) is 0 Å². The number of rotatable bonds is 4. The van der Waals surface area contributed by atoms with Crippen LogP contribution in [0, 0.1) is 0 Å². The van der Waals surface area contributed by atoms with E-state index in [0.29, 0.717) is 17.2 Å². The van der Waals surface area contributed by atoms with E-state index in [9.17, 15) is 4.79 Å². The summed E-state index contributed by atoms with van der Waals surface area (Å²) in [5.41, 5.74) is 3.86. The number of hydrogen-bond acceptors (Lipinski definition) is 5. The summed E-state index contributed by atoms with van der Waals surface area (Å²) < 4.78 is 0. The Kier molecular flexibility index (Phi) is 5.14. The van der Waals surface area contributed by atoms with E-state index in [1.165, 1.54) is 18.0 Å². The molecule has 4 rings (SSSR count). The lowest BCUT2D eigenvalue weighted by molar-refractivity contribution is 0.102. The van der Waals surface area contributed by atoms with Gasteiger partial charge in [-0.05, 0) is 29.2 Å². The molecule has 0 unspecified atom stereocenters. The maximum absolute atomic E-state index is 12.7. The van der Waals surface area contributed by atoms with Gasteiger partial charge in [0, 0.05) is 29.7 Å². The predicted octanol–water partition coefficient (Wildman–Crippen LogP) is 5.32. The van der Waals surface area contributed by atoms with Crippen molar-refractivity contribution in [3.8, 4) is 0 Å². The zero-order chi connectivity index (χ0) is 21.1. The Morgan fingerprint density at radius 3 is 2.30 bits per heavy atom. The number of anilines is 3. The Bertz CT molecular complexity index is 1190. The largest absolute Gasteiger partial charge is 0.324 e. The number of aromatic nitrogens is 3. The second kappa shape index (κ2) is 7.91. The third kappa shape index (κ3) is 4.12. The third-order valence-corrected chi connectivity index (χ3v) is 4.78. The lowest BCUT2D eigenvalue weighted by Gasteiger charge is -2.22. The Balaban J connectivity index is 1.52. The van der Waals surface area contributed by atoms with E-state index in [0.717, 1.165) is 16.6 Å². The highest BCUT2D eigenvalue weighted by Gasteiger charge is 2.18. The molecule has 4 aromatic rings. The molecule has 0 aliphatic carbocycles. The third-order valence-electron chi connectivity index (χ3n) is 4.78. The highest BCUT2D eigenvalue weighted by molar-refractivity contribution is 6.08. The van der Waals surface area contributed by atoms with Crippen molar-refractivity contribution in [1.82, 2.24) is 15.0 Å². The van der Waals surface area contributed by atoms with Crippen molar-refractivity contribution in [2.24, 2.45) is 0 Å². The first-order valence-corrected chi connectivity index (χ1v) is 9.75. The summed E-state index contributed by atoms with van der Waals surface area (Å²) >= 11 is 0. The van der Waals surface area contributed by atoms with Crippen LogP contribution < -0.4 is 10.6 Å². The van der Waals surface area contributed by atoms with Crippen molar-refractivity contribution in [2.45, 2.75) is 26.2 Å². The number of pyridine rings is 1. The average Bonchev–Trinajstić information content (AvgIpc) is 2.74. The van der Waals surface area contributed by atoms with E-state index in [1.54, 1.807) is 6.20 Å². The molecule has 0 radical (unpaired) electrons. The van der Waals surface area contributed by atoms with Crippen molar-refractivity contribution < 1.29 is 4.79 Å². The van der Waals surface area contributed by atoms with Gasteiger partial charge in [0.2, 0.25) is 5.95 Å². The molecular weight excluding hydrogens is 374 g/mol. The molecule has 0 aliphatic heterocycles. The highest BCUT2D eigenvalue weighted by atomic mass is 16.1. The number of nitrogens with one attached hydrogen (secondary N) is 2. The first kappa shape index (κ1) is 19.5. The van der Waals surface area contributed by atoms with Crippen molar-refractivity contribution in [1.29, 1.82) is 0 Å². The standard InChI is InChI=1S/C24H23N5O/c1-24(2,3)18-10-4-5-11-19(18)29-23-26-14-17(15-27-23)22(30)28-20-12-6-8-16-9-7-13-25-21(16)20/h4-15H,1-3H3,(H,28,30)(H,26,27,29). The molecule has 2 aromatic heterocycles. The first-order valence-electron chi connectivity index (χ1n) is 9.75. The van der Waals surface area contributed by atoms with Gasteiger partial charge >= 0.3 is 0 Å². The number of amides is 1. The quantitative estimate of drug-likeness (QED) is 0.487. The number of benzene rings is 2. The van der Waals surface area contributed by atoms with Crippen molar-refractivity contribution in [3.63, 3.8) is 0 Å². The van der Waals surface area contributed by atoms with E-state index >= 15 is 0 Å². The van der Waals surface area contributed by atoms with Gasteiger partial charge in [0.15, 0.2) is 0 Å². The Hall–Kier alpha value is -3.80. The maximum atomic E-state index is 12.7. The zero-order valence-electron chi connectivity index (χ0n) is 17.2. The summed E-state index contributed by atoms with van der Waals surface area (Å²) in [7, 11) is 0. The SMILES string of the molecule is CC(C)(C)c1ccccc1Nc1ncc(C(=O)Nc2cccc3cccnc23)cn1. The molecule has 2 N–H and O–H groups in total. The van der Waals surface area contributed by atoms with Crippen LogP contribution in [0.1, 0.15) is 36.7 Å². The molecule has 0 fully saturated rings. The van der Waals surface area contributed by atoms with E-state index < -0.39 is 0 Å². The van der Waals surface area contributed by atoms with Crippen LogP contribution in [0.3, 0.4) is 0 Å². The molecule has 0 saturated carbocycles. The summed E-state index contributed by atoms with van der Waals surface area (Å²) in [5.74, 6) is 0.157. The molecule has 150 valence electrons. The van der Waals surface area contributed by atoms with Crippen LogP contribution in [0.2, 0.25) is 0 Å². The van der Waals surface area contributed by atoms with Crippen LogP contribution in [-0.2, 0) is 5.41 Å². The minimum Gasteiger partial charge on any atom is -0.324 e. The molecule has 1 amide bonds. The van der Waals surface area contributed by atoms with Crippen LogP contribution in [0.25, 0.3) is 10.9 Å². The summed E-state index contributed by atoms with van der Waals surface area (Å²) in [6, 6.07) is 17.6. The molecule has 6 heteroatoms. The van der Waals surface area contributed by atoms with Gasteiger partial charge in [0.25, 0.3) is 5.91 Å². The summed E-state index contributed by atoms with van der Waals surface area (Å²) in [5, 5.41) is 7.11. The van der Waals surface area contributed by atoms with Gasteiger partial charge in [-0.3, -0.25) is 9.78 Å². The molecule has 2 aromatic carbocycles. The van der Waals surface area contributed by atoms with Crippen LogP contribution in [0.4, 0.5) is 17.3 Å². The summed E-state index contributed by atoms with van der Waals surface area (Å²) in [6.45, 7) is 6.47. The normalized spacial score (nSPS) is 11.3. The number of hydrogen-bond donors (Lipinski definition) is 2. The molecule has 0 aliphatic rings. The average molecular weight is 397 g/mol. The molecule has 30 heavy (non-hydrogen) atoms. The van der Waals surface area contributed by atoms with Crippen LogP contribution in [0.5, 0.6) is 0 Å². The van der Waals surface area contributed by atoms with E-state index in [-0.39, 0.29) is 11.3 Å². The fourth-order valence-electron chi connectivity index (χ4n) is 3.28. The second-order valence-electron chi connectivity index (χ2n) is 8.05. The second-order valence-corrected chi connectivity index (χ2v) is 8.05. The smallest absolute Gasteiger partial charge is 0.258 e. The molecule has 0 saturated heterocycles. The Morgan fingerprint density at radius 1 is 0.833 bits per heavy atom. The number of carbonyl (C=O) groups is 1. The Labute approximate surface area is 175 Å². The van der Waals surface area contributed by atoms with E-state index in [2.05, 4.69) is 52.4 Å². The zero-order valence-corrected chi connectivity index (χ0v) is 17.2. The maximum Gasteiger partial charge on any atom is 0.258 e. The molecular formula is C24H23N5O. The van der Waals surface area contributed by atoms with E-state index in [1.807, 2.05) is 48.5 Å². The molecule has 0 bridgehead atoms. The van der Waals surface area contributed by atoms with Gasteiger partial charge < -0.3 is 10.6 Å². The van der Waals surface area contributed by atoms with E-state index in [4.69, 9.17) is 0 Å². The first-order chi connectivity index (χ1) is 14.4. The lowest BCUT2D eigenvalue weighted by atomic mass is 9.86. The predicted molar refractivity (Wildman–Crippen MR) is 120 cm³/mol. The minimum atomic E-state index is -0.283. The Morgan fingerprint density at radius 2 is 1.53 bits per heavy atom. The fourth-order valence-corrected chi connectivity index (χ4v) is 3.28. The fraction of sp³-hybridized carbons (Fsp3) is 0.167. The van der Waals surface area contributed by atoms with Crippen molar-refractivity contribution >= 4 is 34.1 Å². The topological polar surface area (TPSA) is 79.8 Å². The van der Waals surface area contributed by atoms with Gasteiger partial charge in [0.1, 0.15) is 0 Å². The number of carbonyl (C=O) groups excluding carboxylic acids is 1. The highest BCUT2D eigenvalue weighted by Crippen LogP contribution is 2.30. The van der Waals surface area contributed by atoms with Crippen molar-refractivity contribution in [3.05, 3.63) is 84.3 Å². The van der Waals surface area contributed by atoms with Crippen molar-refractivity contribution in [2.75, 3.05) is 10.6 Å². The number of para-hydroxylation sites is 2.